The van der Waals surface area contributed by atoms with Crippen molar-refractivity contribution in [2.24, 2.45) is 7.05 Å². The lowest BCUT2D eigenvalue weighted by molar-refractivity contribution is 0.0925. The maximum Gasteiger partial charge on any atom is 0.270 e. The van der Waals surface area contributed by atoms with Gasteiger partial charge in [-0.05, 0) is 13.0 Å². The number of fused-ring (bicyclic) bond motifs is 1. The number of halogens is 2. The Morgan fingerprint density at radius 1 is 1.23 bits per heavy atom. The van der Waals surface area contributed by atoms with Crippen molar-refractivity contribution in [3.8, 4) is 0 Å². The number of anilines is 1. The van der Waals surface area contributed by atoms with Gasteiger partial charge in [0.15, 0.2) is 0 Å². The second-order valence-corrected chi connectivity index (χ2v) is 7.12. The number of aryl methyl sites for hydroxylation is 2. The van der Waals surface area contributed by atoms with E-state index < -0.39 is 0 Å². The van der Waals surface area contributed by atoms with Gasteiger partial charge in [0.05, 0.1) is 34.2 Å². The third-order valence-corrected chi connectivity index (χ3v) is 5.01. The van der Waals surface area contributed by atoms with E-state index in [4.69, 9.17) is 23.2 Å². The van der Waals surface area contributed by atoms with Gasteiger partial charge in [0.2, 0.25) is 0 Å². The Balaban J connectivity index is 1.44. The average molecular weight is 391 g/mol. The molecule has 1 fully saturated rings. The Hall–Kier alpha value is -2.38. The Labute approximate surface area is 159 Å². The minimum Gasteiger partial charge on any atom is -0.366 e. The number of hydrogen-bond acceptors (Lipinski definition) is 5. The van der Waals surface area contributed by atoms with Gasteiger partial charge in [-0.1, -0.05) is 23.2 Å². The largest absolute Gasteiger partial charge is 0.366 e. The van der Waals surface area contributed by atoms with E-state index in [1.807, 2.05) is 18.9 Å². The van der Waals surface area contributed by atoms with Gasteiger partial charge in [-0.3, -0.25) is 9.48 Å². The molecule has 3 aromatic rings. The molecule has 0 aliphatic carbocycles. The smallest absolute Gasteiger partial charge is 0.270 e. The Morgan fingerprint density at radius 2 is 2.00 bits per heavy atom. The minimum absolute atomic E-state index is 0.0259. The normalized spacial score (nSPS) is 14.5. The third-order valence-electron chi connectivity index (χ3n) is 4.51. The van der Waals surface area contributed by atoms with Gasteiger partial charge < -0.3 is 10.2 Å². The van der Waals surface area contributed by atoms with Crippen LogP contribution in [0.5, 0.6) is 0 Å². The van der Waals surface area contributed by atoms with Gasteiger partial charge in [-0.15, -0.1) is 0 Å². The number of pyridine rings is 2. The maximum absolute atomic E-state index is 12.5. The molecule has 3 aromatic heterocycles. The van der Waals surface area contributed by atoms with Crippen molar-refractivity contribution in [1.82, 2.24) is 25.1 Å². The lowest BCUT2D eigenvalue weighted by Gasteiger charge is -2.41. The van der Waals surface area contributed by atoms with Crippen LogP contribution in [0, 0.1) is 6.92 Å². The number of rotatable bonds is 3. The van der Waals surface area contributed by atoms with Crippen LogP contribution in [0.1, 0.15) is 16.2 Å². The highest BCUT2D eigenvalue weighted by molar-refractivity contribution is 6.34. The van der Waals surface area contributed by atoms with E-state index >= 15 is 0 Å². The SMILES string of the molecule is Cc1nn(C)c2cnc(C(=O)NC3CN(c4cc(Cl)ncc4Cl)C3)cc12. The topological polar surface area (TPSA) is 75.9 Å². The monoisotopic (exact) mass is 390 g/mol. The van der Waals surface area contributed by atoms with E-state index in [9.17, 15) is 4.79 Å². The summed E-state index contributed by atoms with van der Waals surface area (Å²) in [5.74, 6) is -0.196. The van der Waals surface area contributed by atoms with Crippen LogP contribution in [0.3, 0.4) is 0 Å². The van der Waals surface area contributed by atoms with E-state index in [2.05, 4.69) is 20.4 Å². The fourth-order valence-electron chi connectivity index (χ4n) is 3.12. The summed E-state index contributed by atoms with van der Waals surface area (Å²) < 4.78 is 1.76. The molecule has 4 heterocycles. The highest BCUT2D eigenvalue weighted by atomic mass is 35.5. The summed E-state index contributed by atoms with van der Waals surface area (Å²) >= 11 is 12.1. The van der Waals surface area contributed by atoms with E-state index in [0.717, 1.165) is 22.3 Å². The van der Waals surface area contributed by atoms with Gasteiger partial charge in [0, 0.05) is 37.8 Å². The summed E-state index contributed by atoms with van der Waals surface area (Å²) in [7, 11) is 1.86. The fraction of sp³-hybridized carbons (Fsp3) is 0.294. The second-order valence-electron chi connectivity index (χ2n) is 6.33. The first kappa shape index (κ1) is 17.1. The zero-order chi connectivity index (χ0) is 18.4. The van der Waals surface area contributed by atoms with Crippen LogP contribution in [0.15, 0.2) is 24.5 Å². The molecule has 26 heavy (non-hydrogen) atoms. The van der Waals surface area contributed by atoms with Crippen LogP contribution in [0.25, 0.3) is 10.9 Å². The molecule has 1 saturated heterocycles. The second kappa shape index (κ2) is 6.41. The van der Waals surface area contributed by atoms with Gasteiger partial charge in [0.25, 0.3) is 5.91 Å². The zero-order valence-electron chi connectivity index (χ0n) is 14.2. The molecule has 1 aliphatic rings. The van der Waals surface area contributed by atoms with Gasteiger partial charge in [-0.2, -0.15) is 5.10 Å². The Bertz CT molecular complexity index is 1010. The summed E-state index contributed by atoms with van der Waals surface area (Å²) in [6, 6.07) is 3.53. The van der Waals surface area contributed by atoms with Crippen molar-refractivity contribution in [2.45, 2.75) is 13.0 Å². The average Bonchev–Trinajstić information content (AvgIpc) is 2.87. The quantitative estimate of drug-likeness (QED) is 0.695. The molecule has 0 unspecified atom stereocenters. The number of amides is 1. The molecular formula is C17H16Cl2N6O. The molecule has 0 atom stereocenters. The van der Waals surface area contributed by atoms with E-state index in [0.29, 0.717) is 29.0 Å². The van der Waals surface area contributed by atoms with Crippen molar-refractivity contribution in [2.75, 3.05) is 18.0 Å². The number of carbonyl (C=O) groups excluding carboxylic acids is 1. The molecule has 1 N–H and O–H groups in total. The lowest BCUT2D eigenvalue weighted by Crippen LogP contribution is -2.59. The molecule has 0 aromatic carbocycles. The highest BCUT2D eigenvalue weighted by Crippen LogP contribution is 2.30. The number of nitrogens with zero attached hydrogens (tertiary/aromatic N) is 5. The number of nitrogens with one attached hydrogen (secondary N) is 1. The third kappa shape index (κ3) is 2.97. The standard InChI is InChI=1S/C17H16Cl2N6O/c1-9-11-3-13(20-6-15(11)24(2)23-9)17(26)22-10-7-25(8-10)14-4-16(19)21-5-12(14)18/h3-6,10H,7-8H2,1-2H3,(H,22,26). The van der Waals surface area contributed by atoms with Crippen LogP contribution < -0.4 is 10.2 Å². The molecule has 0 bridgehead atoms. The van der Waals surface area contributed by atoms with Crippen molar-refractivity contribution < 1.29 is 4.79 Å². The lowest BCUT2D eigenvalue weighted by atomic mass is 10.1. The van der Waals surface area contributed by atoms with E-state index in [1.165, 1.54) is 6.20 Å². The fourth-order valence-corrected chi connectivity index (χ4v) is 3.50. The molecule has 4 rings (SSSR count). The summed E-state index contributed by atoms with van der Waals surface area (Å²) in [5, 5.41) is 9.20. The summed E-state index contributed by atoms with van der Waals surface area (Å²) in [6.07, 6.45) is 3.20. The first-order valence-corrected chi connectivity index (χ1v) is 8.84. The summed E-state index contributed by atoms with van der Waals surface area (Å²) in [4.78, 5) is 22.7. The molecule has 0 spiro atoms. The molecule has 7 nitrogen and oxygen atoms in total. The van der Waals surface area contributed by atoms with Gasteiger partial charge in [-0.25, -0.2) is 9.97 Å². The molecule has 1 amide bonds. The van der Waals surface area contributed by atoms with Crippen molar-refractivity contribution in [3.05, 3.63) is 46.1 Å². The number of aromatic nitrogens is 4. The van der Waals surface area contributed by atoms with Crippen LogP contribution in [0.2, 0.25) is 10.2 Å². The molecule has 1 aliphatic heterocycles. The number of hydrogen-bond donors (Lipinski definition) is 1. The van der Waals surface area contributed by atoms with E-state index in [1.54, 1.807) is 23.0 Å². The molecule has 0 radical (unpaired) electrons. The summed E-state index contributed by atoms with van der Waals surface area (Å²) in [5.41, 5.74) is 2.98. The Kier molecular flexibility index (Phi) is 4.20. The van der Waals surface area contributed by atoms with Crippen LogP contribution >= 0.6 is 23.2 Å². The van der Waals surface area contributed by atoms with Crippen molar-refractivity contribution >= 4 is 45.7 Å². The molecule has 9 heteroatoms. The van der Waals surface area contributed by atoms with Crippen molar-refractivity contribution in [3.63, 3.8) is 0 Å². The van der Waals surface area contributed by atoms with Gasteiger partial charge in [0.1, 0.15) is 10.8 Å². The van der Waals surface area contributed by atoms with Crippen LogP contribution in [-0.4, -0.2) is 44.8 Å². The highest BCUT2D eigenvalue weighted by Gasteiger charge is 2.30. The maximum atomic E-state index is 12.5. The molecule has 134 valence electrons. The van der Waals surface area contributed by atoms with Crippen LogP contribution in [0.4, 0.5) is 5.69 Å². The van der Waals surface area contributed by atoms with Gasteiger partial charge >= 0.3 is 0 Å². The minimum atomic E-state index is -0.196. The Morgan fingerprint density at radius 3 is 2.77 bits per heavy atom. The molecule has 0 saturated carbocycles. The van der Waals surface area contributed by atoms with Crippen LogP contribution in [-0.2, 0) is 7.05 Å². The number of carbonyl (C=O) groups is 1. The van der Waals surface area contributed by atoms with Crippen molar-refractivity contribution in [1.29, 1.82) is 0 Å². The first-order valence-electron chi connectivity index (χ1n) is 8.08. The zero-order valence-corrected chi connectivity index (χ0v) is 15.7. The predicted molar refractivity (Wildman–Crippen MR) is 101 cm³/mol. The first-order chi connectivity index (χ1) is 12.4. The molecular weight excluding hydrogens is 375 g/mol. The summed E-state index contributed by atoms with van der Waals surface area (Å²) in [6.45, 7) is 3.22. The van der Waals surface area contributed by atoms with E-state index in [-0.39, 0.29) is 11.9 Å². The predicted octanol–water partition coefficient (Wildman–Crippen LogP) is 2.60.